The number of aromatic amines is 1. The van der Waals surface area contributed by atoms with Crippen molar-refractivity contribution in [3.8, 4) is 11.4 Å². The lowest BCUT2D eigenvalue weighted by atomic mass is 10.2. The summed E-state index contributed by atoms with van der Waals surface area (Å²) in [6, 6.07) is 7.17. The fourth-order valence-electron chi connectivity index (χ4n) is 2.89. The molecule has 1 aliphatic heterocycles. The number of aromatic nitrogens is 2. The lowest BCUT2D eigenvalue weighted by Crippen LogP contribution is -2.43. The van der Waals surface area contributed by atoms with Crippen LogP contribution in [-0.4, -0.2) is 34.8 Å². The summed E-state index contributed by atoms with van der Waals surface area (Å²) in [5.41, 5.74) is 0.502. The Balaban J connectivity index is 2.02. The van der Waals surface area contributed by atoms with E-state index in [9.17, 15) is 9.59 Å². The molecule has 0 bridgehead atoms. The van der Waals surface area contributed by atoms with Crippen LogP contribution < -0.4 is 21.3 Å². The number of nitrogens with one attached hydrogen (secondary N) is 2. The summed E-state index contributed by atoms with van der Waals surface area (Å²) in [5.74, 6) is 1.28. The summed E-state index contributed by atoms with van der Waals surface area (Å²) in [5, 5.41) is 3.24. The average Bonchev–Trinajstić information content (AvgIpc) is 2.60. The molecule has 1 aromatic heterocycles. The Morgan fingerprint density at radius 1 is 1.21 bits per heavy atom. The zero-order valence-electron chi connectivity index (χ0n) is 14.0. The van der Waals surface area contributed by atoms with Gasteiger partial charge in [0.1, 0.15) is 11.6 Å². The fraction of sp³-hybridized carbons (Fsp3) is 0.412. The Morgan fingerprint density at radius 3 is 2.62 bits per heavy atom. The second kappa shape index (κ2) is 6.92. The van der Waals surface area contributed by atoms with Crippen molar-refractivity contribution in [3.05, 3.63) is 50.7 Å². The third kappa shape index (κ3) is 3.07. The second-order valence-electron chi connectivity index (χ2n) is 5.86. The van der Waals surface area contributed by atoms with E-state index < -0.39 is 5.69 Å². The summed E-state index contributed by atoms with van der Waals surface area (Å²) in [4.78, 5) is 29.2. The first-order chi connectivity index (χ1) is 11.6. The maximum absolute atomic E-state index is 12.3. The van der Waals surface area contributed by atoms with Gasteiger partial charge >= 0.3 is 5.69 Å². The standard InChI is InChI=1S/C17H22N4O3/c1-3-4-9-20-10-14-15(18-11-20)21(17(23)19-16(14)22)12-5-7-13(24-2)8-6-12/h5-8,18H,3-4,9-11H2,1-2H3,(H,19,22,23). The zero-order valence-corrected chi connectivity index (χ0v) is 14.0. The van der Waals surface area contributed by atoms with E-state index in [1.807, 2.05) is 0 Å². The van der Waals surface area contributed by atoms with Crippen molar-refractivity contribution in [2.75, 3.05) is 25.6 Å². The quantitative estimate of drug-likeness (QED) is 0.869. The van der Waals surface area contributed by atoms with Crippen LogP contribution in [-0.2, 0) is 6.54 Å². The van der Waals surface area contributed by atoms with Crippen LogP contribution in [0.1, 0.15) is 25.3 Å². The van der Waals surface area contributed by atoms with Gasteiger partial charge in [0.2, 0.25) is 0 Å². The topological polar surface area (TPSA) is 79.4 Å². The summed E-state index contributed by atoms with van der Waals surface area (Å²) in [7, 11) is 1.59. The third-order valence-electron chi connectivity index (χ3n) is 4.22. The third-order valence-corrected chi connectivity index (χ3v) is 4.22. The van der Waals surface area contributed by atoms with Gasteiger partial charge in [0.15, 0.2) is 0 Å². The minimum atomic E-state index is -0.446. The van der Waals surface area contributed by atoms with E-state index in [1.54, 1.807) is 31.4 Å². The maximum atomic E-state index is 12.3. The van der Waals surface area contributed by atoms with E-state index in [0.717, 1.165) is 19.4 Å². The van der Waals surface area contributed by atoms with E-state index >= 15 is 0 Å². The molecule has 7 heteroatoms. The molecular weight excluding hydrogens is 308 g/mol. The summed E-state index contributed by atoms with van der Waals surface area (Å²) in [6.07, 6.45) is 2.18. The highest BCUT2D eigenvalue weighted by Crippen LogP contribution is 2.22. The number of fused-ring (bicyclic) bond motifs is 1. The van der Waals surface area contributed by atoms with E-state index in [0.29, 0.717) is 36.0 Å². The molecule has 2 N–H and O–H groups in total. The van der Waals surface area contributed by atoms with Gasteiger partial charge in [-0.1, -0.05) is 13.3 Å². The van der Waals surface area contributed by atoms with Crippen molar-refractivity contribution in [2.24, 2.45) is 0 Å². The first-order valence-electron chi connectivity index (χ1n) is 8.13. The molecular formula is C17H22N4O3. The Labute approximate surface area is 139 Å². The van der Waals surface area contributed by atoms with Crippen LogP contribution in [0.15, 0.2) is 33.9 Å². The Bertz CT molecular complexity index is 823. The molecule has 1 aromatic carbocycles. The van der Waals surface area contributed by atoms with Crippen LogP contribution in [0.5, 0.6) is 5.75 Å². The zero-order chi connectivity index (χ0) is 17.1. The number of ether oxygens (including phenoxy) is 1. The van der Waals surface area contributed by atoms with Gasteiger partial charge in [-0.05, 0) is 30.7 Å². The van der Waals surface area contributed by atoms with E-state index in [-0.39, 0.29) is 5.56 Å². The maximum Gasteiger partial charge on any atom is 0.334 e. The number of nitrogens with zero attached hydrogens (tertiary/aromatic N) is 2. The first-order valence-corrected chi connectivity index (χ1v) is 8.13. The van der Waals surface area contributed by atoms with Crippen LogP contribution in [0.3, 0.4) is 0 Å². The van der Waals surface area contributed by atoms with Crippen molar-refractivity contribution < 1.29 is 4.74 Å². The lowest BCUT2D eigenvalue weighted by Gasteiger charge is -2.30. The normalized spacial score (nSPS) is 14.1. The number of H-pyrrole nitrogens is 1. The predicted octanol–water partition coefficient (Wildman–Crippen LogP) is 1.52. The molecule has 0 saturated heterocycles. The van der Waals surface area contributed by atoms with E-state index in [2.05, 4.69) is 22.1 Å². The minimum Gasteiger partial charge on any atom is -0.497 e. The number of benzene rings is 1. The molecule has 0 atom stereocenters. The van der Waals surface area contributed by atoms with Gasteiger partial charge in [0, 0.05) is 13.1 Å². The molecule has 1 aliphatic rings. The van der Waals surface area contributed by atoms with E-state index in [1.165, 1.54) is 4.57 Å². The SMILES string of the molecule is CCCCN1CNc2c(c(=O)[nH]c(=O)n2-c2ccc(OC)cc2)C1. The predicted molar refractivity (Wildman–Crippen MR) is 93.0 cm³/mol. The van der Waals surface area contributed by atoms with Crippen LogP contribution >= 0.6 is 0 Å². The number of rotatable bonds is 5. The van der Waals surface area contributed by atoms with Gasteiger partial charge in [-0.25, -0.2) is 9.36 Å². The number of hydrogen-bond donors (Lipinski definition) is 2. The summed E-state index contributed by atoms with van der Waals surface area (Å²) < 4.78 is 6.66. The highest BCUT2D eigenvalue weighted by molar-refractivity contribution is 5.52. The van der Waals surface area contributed by atoms with Gasteiger partial charge in [-0.3, -0.25) is 14.7 Å². The molecule has 2 heterocycles. The van der Waals surface area contributed by atoms with Crippen LogP contribution in [0.4, 0.5) is 5.82 Å². The summed E-state index contributed by atoms with van der Waals surface area (Å²) >= 11 is 0. The summed E-state index contributed by atoms with van der Waals surface area (Å²) in [6.45, 7) is 4.21. The molecule has 3 rings (SSSR count). The van der Waals surface area contributed by atoms with Gasteiger partial charge in [0.25, 0.3) is 5.56 Å². The minimum absolute atomic E-state index is 0.325. The molecule has 128 valence electrons. The average molecular weight is 330 g/mol. The van der Waals surface area contributed by atoms with Crippen molar-refractivity contribution in [1.82, 2.24) is 14.5 Å². The highest BCUT2D eigenvalue weighted by Gasteiger charge is 2.23. The van der Waals surface area contributed by atoms with Crippen molar-refractivity contribution >= 4 is 5.82 Å². The van der Waals surface area contributed by atoms with Crippen LogP contribution in [0.25, 0.3) is 5.69 Å². The van der Waals surface area contributed by atoms with E-state index in [4.69, 9.17) is 4.74 Å². The number of hydrogen-bond acceptors (Lipinski definition) is 5. The molecule has 0 spiro atoms. The fourth-order valence-corrected chi connectivity index (χ4v) is 2.89. The molecule has 2 aromatic rings. The molecule has 0 unspecified atom stereocenters. The molecule has 24 heavy (non-hydrogen) atoms. The first kappa shape index (κ1) is 16.3. The Hall–Kier alpha value is -2.54. The number of unbranched alkanes of at least 4 members (excludes halogenated alkanes) is 1. The molecule has 0 fully saturated rings. The van der Waals surface area contributed by atoms with Gasteiger partial charge in [0.05, 0.1) is 25.0 Å². The number of anilines is 1. The molecule has 0 aliphatic carbocycles. The lowest BCUT2D eigenvalue weighted by molar-refractivity contribution is 0.268. The van der Waals surface area contributed by atoms with Gasteiger partial charge < -0.3 is 10.1 Å². The molecule has 0 saturated carbocycles. The highest BCUT2D eigenvalue weighted by atomic mass is 16.5. The molecule has 0 radical (unpaired) electrons. The van der Waals surface area contributed by atoms with Crippen LogP contribution in [0, 0.1) is 0 Å². The molecule has 7 nitrogen and oxygen atoms in total. The largest absolute Gasteiger partial charge is 0.497 e. The second-order valence-corrected chi connectivity index (χ2v) is 5.86. The smallest absolute Gasteiger partial charge is 0.334 e. The number of methoxy groups -OCH3 is 1. The van der Waals surface area contributed by atoms with Gasteiger partial charge in [-0.15, -0.1) is 0 Å². The monoisotopic (exact) mass is 330 g/mol. The van der Waals surface area contributed by atoms with Gasteiger partial charge in [-0.2, -0.15) is 0 Å². The Morgan fingerprint density at radius 2 is 1.96 bits per heavy atom. The molecule has 0 amide bonds. The van der Waals surface area contributed by atoms with Crippen LogP contribution in [0.2, 0.25) is 0 Å². The van der Waals surface area contributed by atoms with Crippen molar-refractivity contribution in [3.63, 3.8) is 0 Å². The Kier molecular flexibility index (Phi) is 4.71. The van der Waals surface area contributed by atoms with Crippen molar-refractivity contribution in [2.45, 2.75) is 26.3 Å². The van der Waals surface area contributed by atoms with Crippen molar-refractivity contribution in [1.29, 1.82) is 0 Å².